The van der Waals surface area contributed by atoms with E-state index in [1.807, 2.05) is 58.9 Å². The van der Waals surface area contributed by atoms with Crippen molar-refractivity contribution < 1.29 is 19.7 Å². The lowest BCUT2D eigenvalue weighted by atomic mass is 9.84. The Hall–Kier alpha value is -3.86. The number of hydrogen-bond acceptors (Lipinski definition) is 8. The Morgan fingerprint density at radius 3 is 2.27 bits per heavy atom. The number of azo groups is 1. The zero-order chi connectivity index (χ0) is 33.1. The summed E-state index contributed by atoms with van der Waals surface area (Å²) < 4.78 is 5.91. The van der Waals surface area contributed by atoms with Gasteiger partial charge in [-0.25, -0.2) is 11.6 Å². The lowest BCUT2D eigenvalue weighted by Crippen LogP contribution is -2.30. The fraction of sp³-hybridized carbons (Fsp3) is 0.600. The first-order valence-electron chi connectivity index (χ1n) is 16.0. The molecule has 45 heavy (non-hydrogen) atoms. The fourth-order valence-electron chi connectivity index (χ4n) is 5.34. The van der Waals surface area contributed by atoms with Crippen LogP contribution in [-0.2, 0) is 11.2 Å². The molecule has 0 saturated heterocycles. The maximum absolute atomic E-state index is 12.2. The van der Waals surface area contributed by atoms with Gasteiger partial charge in [-0.1, -0.05) is 45.7 Å². The van der Waals surface area contributed by atoms with Crippen LogP contribution in [0.1, 0.15) is 104 Å². The molecule has 242 valence electrons. The summed E-state index contributed by atoms with van der Waals surface area (Å²) in [5, 5.41) is 39.3. The topological polar surface area (TPSA) is 145 Å². The molecule has 0 radical (unpaired) electrons. The maximum Gasteiger partial charge on any atom is 0.340 e. The van der Waals surface area contributed by atoms with Crippen molar-refractivity contribution in [1.29, 1.82) is 5.26 Å². The molecule has 10 heteroatoms. The highest BCUT2D eigenvalue weighted by Gasteiger charge is 2.40. The van der Waals surface area contributed by atoms with E-state index in [2.05, 4.69) is 31.4 Å². The number of pyridine rings is 1. The largest absolute Gasteiger partial charge is 0.490 e. The van der Waals surface area contributed by atoms with Crippen molar-refractivity contribution in [2.24, 2.45) is 15.6 Å². The first-order valence-corrected chi connectivity index (χ1v) is 16.0. The molecule has 10 nitrogen and oxygen atoms in total. The van der Waals surface area contributed by atoms with Crippen LogP contribution in [0.25, 0.3) is 16.1 Å². The minimum atomic E-state index is -1.42. The van der Waals surface area contributed by atoms with E-state index in [4.69, 9.17) is 11.3 Å². The number of nitriles is 1. The van der Waals surface area contributed by atoms with Crippen molar-refractivity contribution in [3.63, 3.8) is 0 Å². The normalized spacial score (nSPS) is 17.6. The number of anilines is 1. The van der Waals surface area contributed by atoms with E-state index < -0.39 is 22.9 Å². The van der Waals surface area contributed by atoms with Gasteiger partial charge in [0, 0.05) is 30.2 Å². The van der Waals surface area contributed by atoms with Crippen LogP contribution in [-0.4, -0.2) is 44.7 Å². The van der Waals surface area contributed by atoms with Gasteiger partial charge in [0.2, 0.25) is 5.91 Å². The molecule has 3 N–H and O–H groups in total. The number of carbonyl (C=O) groups is 1. The number of carbonyl (C=O) groups excluding carboxylic acids is 1. The minimum Gasteiger partial charge on any atom is -0.490 e. The van der Waals surface area contributed by atoms with Gasteiger partial charge in [-0.3, -0.25) is 9.64 Å². The number of amides is 1. The van der Waals surface area contributed by atoms with Crippen molar-refractivity contribution in [3.05, 3.63) is 53.4 Å². The first kappa shape index (κ1) is 35.6. The average molecular weight is 617 g/mol. The van der Waals surface area contributed by atoms with Crippen LogP contribution in [0.15, 0.2) is 46.6 Å². The summed E-state index contributed by atoms with van der Waals surface area (Å²) in [4.78, 5) is 20.5. The molecule has 1 amide bonds. The number of benzene rings is 1. The van der Waals surface area contributed by atoms with E-state index in [0.717, 1.165) is 62.5 Å². The zero-order valence-corrected chi connectivity index (χ0v) is 27.3. The Kier molecular flexibility index (Phi) is 12.6. The van der Waals surface area contributed by atoms with E-state index in [1.165, 1.54) is 12.8 Å². The molecule has 2 aliphatic rings. The summed E-state index contributed by atoms with van der Waals surface area (Å²) in [5.41, 5.74) is 0.380. The molecule has 0 bridgehead atoms. The fourth-order valence-corrected chi connectivity index (χ4v) is 5.34. The zero-order valence-electron chi connectivity index (χ0n) is 27.3. The Labute approximate surface area is 267 Å². The molecular formula is C35H48N6O4. The maximum atomic E-state index is 12.2. The van der Waals surface area contributed by atoms with Crippen LogP contribution in [0, 0.1) is 23.3 Å². The molecule has 4 rings (SSSR count). The van der Waals surface area contributed by atoms with Crippen LogP contribution in [0.5, 0.6) is 5.75 Å². The number of nitrogens with zero attached hydrogens (tertiary/aromatic N) is 5. The third-order valence-corrected chi connectivity index (χ3v) is 7.95. The number of aromatic nitrogens is 1. The van der Waals surface area contributed by atoms with Gasteiger partial charge in [-0.2, -0.15) is 10.4 Å². The third-order valence-electron chi connectivity index (χ3n) is 7.95. The summed E-state index contributed by atoms with van der Waals surface area (Å²) in [7, 11) is 0. The Bertz CT molecular complexity index is 1350. The van der Waals surface area contributed by atoms with Gasteiger partial charge < -0.3 is 20.3 Å². The quantitative estimate of drug-likeness (QED) is 0.158. The van der Waals surface area contributed by atoms with Crippen molar-refractivity contribution in [1.82, 2.24) is 4.98 Å². The smallest absolute Gasteiger partial charge is 0.340 e. The van der Waals surface area contributed by atoms with Gasteiger partial charge >= 0.3 is 5.66 Å². The summed E-state index contributed by atoms with van der Waals surface area (Å²) >= 11 is 0. The van der Waals surface area contributed by atoms with Crippen molar-refractivity contribution in [2.75, 3.05) is 5.32 Å². The van der Waals surface area contributed by atoms with Crippen molar-refractivity contribution in [2.45, 2.75) is 129 Å². The Morgan fingerprint density at radius 2 is 1.71 bits per heavy atom. The molecule has 0 aliphatic heterocycles. The highest BCUT2D eigenvalue weighted by molar-refractivity contribution is 5.94. The molecule has 2 saturated carbocycles. The molecular weight excluding hydrogens is 568 g/mol. The van der Waals surface area contributed by atoms with Gasteiger partial charge in [0.1, 0.15) is 11.6 Å². The highest BCUT2D eigenvalue weighted by atomic mass is 16.5. The molecule has 2 aromatic rings. The highest BCUT2D eigenvalue weighted by Crippen LogP contribution is 2.37. The first-order chi connectivity index (χ1) is 21.3. The molecule has 0 atom stereocenters. The minimum absolute atomic E-state index is 0.0539. The lowest BCUT2D eigenvalue weighted by Gasteiger charge is -2.27. The van der Waals surface area contributed by atoms with Crippen molar-refractivity contribution in [3.8, 4) is 23.1 Å². The Balaban J connectivity index is 0.000000265. The summed E-state index contributed by atoms with van der Waals surface area (Å²) in [6, 6.07) is 13.2. The average Bonchev–Trinajstić information content (AvgIpc) is 3.00. The second-order valence-corrected chi connectivity index (χ2v) is 13.4. The van der Waals surface area contributed by atoms with Crippen molar-refractivity contribution >= 4 is 11.7 Å². The number of aliphatic hydroxyl groups excluding tert-OH is 1. The van der Waals surface area contributed by atoms with Gasteiger partial charge in [-0.15, -0.1) is 5.11 Å². The molecule has 1 heterocycles. The van der Waals surface area contributed by atoms with Gasteiger partial charge in [0.15, 0.2) is 11.8 Å². The van der Waals surface area contributed by atoms with Crippen LogP contribution >= 0.6 is 0 Å². The predicted molar refractivity (Wildman–Crippen MR) is 174 cm³/mol. The van der Waals surface area contributed by atoms with E-state index in [0.29, 0.717) is 17.3 Å². The van der Waals surface area contributed by atoms with Gasteiger partial charge in [0.25, 0.3) is 0 Å². The monoisotopic (exact) mass is 616 g/mol. The lowest BCUT2D eigenvalue weighted by molar-refractivity contribution is -0.123. The third kappa shape index (κ3) is 10.6. The van der Waals surface area contributed by atoms with E-state index in [-0.39, 0.29) is 18.4 Å². The summed E-state index contributed by atoms with van der Waals surface area (Å²) in [5.74, 6) is 0.964. The molecule has 1 aromatic carbocycles. The van der Waals surface area contributed by atoms with E-state index in [1.54, 1.807) is 12.1 Å². The number of aliphatic hydroxyl groups is 2. The molecule has 1 aromatic heterocycles. The second kappa shape index (κ2) is 15.9. The predicted octanol–water partition coefficient (Wildman–Crippen LogP) is 7.62. The van der Waals surface area contributed by atoms with Crippen LogP contribution in [0.3, 0.4) is 0 Å². The SMILES string of the molecule is CC(C)Oc1cc(CC(O)O)ccc1-c1cccc(NC(=O)C(C)(C)C)n1.[C-]#[N+]C1(N=NC2(C#N)CCCCC2)CCCCC1. The van der Waals surface area contributed by atoms with Crippen LogP contribution in [0.4, 0.5) is 5.82 Å². The summed E-state index contributed by atoms with van der Waals surface area (Å²) in [6.07, 6.45) is 8.47. The number of nitrogens with one attached hydrogen (secondary N) is 1. The number of ether oxygens (including phenoxy) is 1. The van der Waals surface area contributed by atoms with E-state index >= 15 is 0 Å². The second-order valence-electron chi connectivity index (χ2n) is 13.4. The van der Waals surface area contributed by atoms with Gasteiger partial charge in [0.05, 0.1) is 17.9 Å². The van der Waals surface area contributed by atoms with E-state index in [9.17, 15) is 20.3 Å². The van der Waals surface area contributed by atoms with Crippen LogP contribution < -0.4 is 10.1 Å². The number of rotatable bonds is 8. The molecule has 2 fully saturated rings. The Morgan fingerprint density at radius 1 is 1.07 bits per heavy atom. The summed E-state index contributed by atoms with van der Waals surface area (Å²) in [6.45, 7) is 16.7. The standard InChI is InChI=1S/C21H28N2O4.C14H20N4/c1-13(2)27-17-11-14(12-19(24)25)9-10-15(17)16-7-6-8-18(22-16)23-20(26)21(3,4)5;1-16-14(10-6-3-7-11-14)18-17-13(12-15)8-4-2-5-9-13/h6-11,13,19,24-25H,12H2,1-5H3,(H,22,23,26);2-11H2. The number of hydrogen-bond donors (Lipinski definition) is 3. The molecule has 0 spiro atoms. The van der Waals surface area contributed by atoms with Crippen LogP contribution in [0.2, 0.25) is 0 Å². The van der Waals surface area contributed by atoms with Gasteiger partial charge in [-0.05, 0) is 82.2 Å². The molecule has 0 unspecified atom stereocenters. The molecule has 2 aliphatic carbocycles.